The molecule has 0 aromatic heterocycles. The van der Waals surface area contributed by atoms with E-state index in [1.807, 2.05) is 19.9 Å². The molecular weight excluding hydrogens is 345 g/mol. The number of benzene rings is 2. The van der Waals surface area contributed by atoms with Gasteiger partial charge in [-0.05, 0) is 47.2 Å². The Morgan fingerprint density at radius 3 is 2.41 bits per heavy atom. The second kappa shape index (κ2) is 9.51. The van der Waals surface area contributed by atoms with Crippen LogP contribution in [0, 0.1) is 11.7 Å². The number of methoxy groups -OCH3 is 1. The molecule has 0 aliphatic rings. The molecule has 0 fully saturated rings. The monoisotopic (exact) mass is 373 g/mol. The summed E-state index contributed by atoms with van der Waals surface area (Å²) in [6.07, 6.45) is -0.484. The summed E-state index contributed by atoms with van der Waals surface area (Å²) in [5, 5.41) is 10.5. The molecule has 0 spiro atoms. The zero-order valence-electron chi connectivity index (χ0n) is 16.4. The smallest absolute Gasteiger partial charge is 0.223 e. The third-order valence-electron chi connectivity index (χ3n) is 4.85. The average molecular weight is 373 g/mol. The Hall–Kier alpha value is -2.40. The minimum Gasteiger partial charge on any atom is -0.497 e. The molecule has 0 heterocycles. The topological polar surface area (TPSA) is 49.8 Å². The summed E-state index contributed by atoms with van der Waals surface area (Å²) in [6.45, 7) is 4.29. The highest BCUT2D eigenvalue weighted by Crippen LogP contribution is 2.29. The van der Waals surface area contributed by atoms with Crippen molar-refractivity contribution in [3.8, 4) is 5.75 Å². The molecule has 2 aromatic carbocycles. The predicted molar refractivity (Wildman–Crippen MR) is 104 cm³/mol. The van der Waals surface area contributed by atoms with E-state index < -0.39 is 6.10 Å². The van der Waals surface area contributed by atoms with Crippen molar-refractivity contribution in [1.82, 2.24) is 4.90 Å². The molecule has 146 valence electrons. The van der Waals surface area contributed by atoms with Crippen molar-refractivity contribution in [2.45, 2.75) is 32.3 Å². The standard InChI is InChI=1S/C22H28FNO3/c1-15(2)20(16-8-10-18(23)11-9-16)13-22(26)24(3)14-21(25)17-6-5-7-19(12-17)27-4/h5-12,15,20-21,25H,13-14H2,1-4H3. The number of carbonyl (C=O) groups excluding carboxylic acids is 1. The molecular formula is C22H28FNO3. The number of halogens is 1. The van der Waals surface area contributed by atoms with Crippen molar-refractivity contribution in [2.24, 2.45) is 5.92 Å². The minimum atomic E-state index is -0.794. The van der Waals surface area contributed by atoms with E-state index in [0.29, 0.717) is 17.7 Å². The zero-order chi connectivity index (χ0) is 20.0. The van der Waals surface area contributed by atoms with E-state index in [0.717, 1.165) is 5.56 Å². The van der Waals surface area contributed by atoms with Crippen molar-refractivity contribution >= 4 is 5.91 Å². The van der Waals surface area contributed by atoms with Crippen LogP contribution in [0.25, 0.3) is 0 Å². The molecule has 0 saturated carbocycles. The average Bonchev–Trinajstić information content (AvgIpc) is 2.66. The number of hydrogen-bond acceptors (Lipinski definition) is 3. The molecule has 27 heavy (non-hydrogen) atoms. The van der Waals surface area contributed by atoms with E-state index in [1.165, 1.54) is 12.1 Å². The van der Waals surface area contributed by atoms with Crippen LogP contribution in [0.1, 0.15) is 43.4 Å². The number of amides is 1. The fraction of sp³-hybridized carbons (Fsp3) is 0.409. The Labute approximate surface area is 160 Å². The van der Waals surface area contributed by atoms with Gasteiger partial charge in [-0.25, -0.2) is 4.39 Å². The van der Waals surface area contributed by atoms with Gasteiger partial charge in [-0.3, -0.25) is 4.79 Å². The van der Waals surface area contributed by atoms with Crippen molar-refractivity contribution in [3.63, 3.8) is 0 Å². The quantitative estimate of drug-likeness (QED) is 0.756. The van der Waals surface area contributed by atoms with Gasteiger partial charge in [-0.1, -0.05) is 38.1 Å². The Morgan fingerprint density at radius 1 is 1.15 bits per heavy atom. The lowest BCUT2D eigenvalue weighted by Gasteiger charge is -2.26. The number of nitrogens with zero attached hydrogens (tertiary/aromatic N) is 1. The molecule has 2 aromatic rings. The van der Waals surface area contributed by atoms with Gasteiger partial charge in [0, 0.05) is 13.5 Å². The molecule has 0 aliphatic heterocycles. The first kappa shape index (κ1) is 20.9. The summed E-state index contributed by atoms with van der Waals surface area (Å²) < 4.78 is 18.4. The first-order valence-electron chi connectivity index (χ1n) is 9.13. The molecule has 2 atom stereocenters. The molecule has 1 amide bonds. The van der Waals surface area contributed by atoms with Gasteiger partial charge < -0.3 is 14.7 Å². The van der Waals surface area contributed by atoms with Crippen LogP contribution in [0.3, 0.4) is 0 Å². The number of rotatable bonds is 8. The van der Waals surface area contributed by atoms with Crippen LogP contribution in [0.2, 0.25) is 0 Å². The van der Waals surface area contributed by atoms with Gasteiger partial charge in [0.05, 0.1) is 19.8 Å². The van der Waals surface area contributed by atoms with Crippen LogP contribution in [0.4, 0.5) is 4.39 Å². The van der Waals surface area contributed by atoms with Gasteiger partial charge in [0.1, 0.15) is 11.6 Å². The van der Waals surface area contributed by atoms with Crippen LogP contribution in [0.15, 0.2) is 48.5 Å². The minimum absolute atomic E-state index is 0.00508. The summed E-state index contributed by atoms with van der Waals surface area (Å²) in [5.41, 5.74) is 1.65. The maximum absolute atomic E-state index is 13.2. The third kappa shape index (κ3) is 5.79. The number of aliphatic hydroxyl groups is 1. The number of ether oxygens (including phenoxy) is 1. The SMILES string of the molecule is COc1cccc(C(O)CN(C)C(=O)CC(c2ccc(F)cc2)C(C)C)c1. The van der Waals surface area contributed by atoms with Crippen LogP contribution >= 0.6 is 0 Å². The van der Waals surface area contributed by atoms with Gasteiger partial charge in [-0.2, -0.15) is 0 Å². The largest absolute Gasteiger partial charge is 0.497 e. The molecule has 5 heteroatoms. The summed E-state index contributed by atoms with van der Waals surface area (Å²) in [6, 6.07) is 13.5. The van der Waals surface area contributed by atoms with Crippen LogP contribution in [-0.4, -0.2) is 36.6 Å². The highest BCUT2D eigenvalue weighted by atomic mass is 19.1. The van der Waals surface area contributed by atoms with E-state index in [1.54, 1.807) is 49.4 Å². The number of likely N-dealkylation sites (N-methyl/N-ethyl adjacent to an activating group) is 1. The summed E-state index contributed by atoms with van der Waals surface area (Å²) in [4.78, 5) is 14.2. The molecule has 2 unspecified atom stereocenters. The lowest BCUT2D eigenvalue weighted by atomic mass is 9.85. The molecule has 0 saturated heterocycles. The van der Waals surface area contributed by atoms with Crippen LogP contribution in [0.5, 0.6) is 5.75 Å². The number of hydrogen-bond donors (Lipinski definition) is 1. The second-order valence-electron chi connectivity index (χ2n) is 7.17. The van der Waals surface area contributed by atoms with Gasteiger partial charge >= 0.3 is 0 Å². The van der Waals surface area contributed by atoms with Crippen molar-refractivity contribution in [1.29, 1.82) is 0 Å². The first-order valence-corrected chi connectivity index (χ1v) is 9.13. The number of carbonyl (C=O) groups is 1. The Balaban J connectivity index is 2.03. The van der Waals surface area contributed by atoms with Gasteiger partial charge in [0.2, 0.25) is 5.91 Å². The van der Waals surface area contributed by atoms with Gasteiger partial charge in [0.15, 0.2) is 0 Å². The van der Waals surface area contributed by atoms with Crippen molar-refractivity contribution < 1.29 is 19.0 Å². The van der Waals surface area contributed by atoms with Crippen molar-refractivity contribution in [2.75, 3.05) is 20.7 Å². The number of aliphatic hydroxyl groups excluding tert-OH is 1. The van der Waals surface area contributed by atoms with E-state index in [9.17, 15) is 14.3 Å². The summed E-state index contributed by atoms with van der Waals surface area (Å²) in [5.74, 6) is 0.549. The van der Waals surface area contributed by atoms with Gasteiger partial charge in [-0.15, -0.1) is 0 Å². The molecule has 0 aliphatic carbocycles. The summed E-state index contributed by atoms with van der Waals surface area (Å²) in [7, 11) is 3.26. The first-order chi connectivity index (χ1) is 12.8. The molecule has 0 bridgehead atoms. The molecule has 0 radical (unpaired) electrons. The maximum atomic E-state index is 13.2. The van der Waals surface area contributed by atoms with Gasteiger partial charge in [0.25, 0.3) is 0 Å². The van der Waals surface area contributed by atoms with E-state index >= 15 is 0 Å². The highest BCUT2D eigenvalue weighted by Gasteiger charge is 2.23. The fourth-order valence-electron chi connectivity index (χ4n) is 3.11. The Morgan fingerprint density at radius 2 is 1.81 bits per heavy atom. The van der Waals surface area contributed by atoms with E-state index in [2.05, 4.69) is 0 Å². The van der Waals surface area contributed by atoms with Crippen LogP contribution < -0.4 is 4.74 Å². The lowest BCUT2D eigenvalue weighted by Crippen LogP contribution is -2.32. The summed E-state index contributed by atoms with van der Waals surface area (Å²) >= 11 is 0. The van der Waals surface area contributed by atoms with Crippen molar-refractivity contribution in [3.05, 3.63) is 65.5 Å². The molecule has 4 nitrogen and oxygen atoms in total. The fourth-order valence-corrected chi connectivity index (χ4v) is 3.11. The normalized spacial score (nSPS) is 13.3. The Kier molecular flexibility index (Phi) is 7.36. The Bertz CT molecular complexity index is 745. The third-order valence-corrected chi connectivity index (χ3v) is 4.85. The predicted octanol–water partition coefficient (Wildman–Crippen LogP) is 4.16. The zero-order valence-corrected chi connectivity index (χ0v) is 16.4. The molecule has 1 N–H and O–H groups in total. The highest BCUT2D eigenvalue weighted by molar-refractivity contribution is 5.77. The van der Waals surface area contributed by atoms with E-state index in [4.69, 9.17) is 4.74 Å². The second-order valence-corrected chi connectivity index (χ2v) is 7.17. The van der Waals surface area contributed by atoms with E-state index in [-0.39, 0.29) is 30.1 Å². The molecule has 2 rings (SSSR count). The lowest BCUT2D eigenvalue weighted by molar-refractivity contribution is -0.131. The maximum Gasteiger partial charge on any atom is 0.223 e. The van der Waals surface area contributed by atoms with Crippen LogP contribution in [-0.2, 0) is 4.79 Å².